The molecule has 6 heteroatoms. The lowest BCUT2D eigenvalue weighted by Gasteiger charge is -2.04. The van der Waals surface area contributed by atoms with Crippen LogP contribution in [0.25, 0.3) is 0 Å². The largest absolute Gasteiger partial charge is 0.317 e. The SMILES string of the molecule is Cc1ccc(NC(=O)c2n[nH]c(C)n2)c(F)c1. The summed E-state index contributed by atoms with van der Waals surface area (Å²) in [7, 11) is 0. The molecule has 0 saturated carbocycles. The summed E-state index contributed by atoms with van der Waals surface area (Å²) in [6.45, 7) is 3.45. The normalized spacial score (nSPS) is 10.3. The van der Waals surface area contributed by atoms with Gasteiger partial charge in [-0.2, -0.15) is 0 Å². The Morgan fingerprint density at radius 3 is 2.76 bits per heavy atom. The van der Waals surface area contributed by atoms with Crippen LogP contribution in [0.4, 0.5) is 10.1 Å². The highest BCUT2D eigenvalue weighted by Crippen LogP contribution is 2.15. The summed E-state index contributed by atoms with van der Waals surface area (Å²) in [6, 6.07) is 4.56. The fourth-order valence-corrected chi connectivity index (χ4v) is 1.34. The second-order valence-corrected chi connectivity index (χ2v) is 3.68. The monoisotopic (exact) mass is 234 g/mol. The fraction of sp³-hybridized carbons (Fsp3) is 0.182. The molecule has 1 heterocycles. The molecule has 1 aromatic heterocycles. The predicted octanol–water partition coefficient (Wildman–Crippen LogP) is 1.81. The first-order valence-electron chi connectivity index (χ1n) is 5.03. The molecule has 2 rings (SSSR count). The number of carbonyl (C=O) groups is 1. The van der Waals surface area contributed by atoms with E-state index >= 15 is 0 Å². The van der Waals surface area contributed by atoms with Crippen molar-refractivity contribution in [3.63, 3.8) is 0 Å². The lowest BCUT2D eigenvalue weighted by molar-refractivity contribution is 0.101. The van der Waals surface area contributed by atoms with E-state index in [2.05, 4.69) is 20.5 Å². The lowest BCUT2D eigenvalue weighted by Crippen LogP contribution is -2.14. The van der Waals surface area contributed by atoms with Crippen molar-refractivity contribution in [3.05, 3.63) is 41.2 Å². The number of H-pyrrole nitrogens is 1. The number of benzene rings is 1. The number of hydrogen-bond acceptors (Lipinski definition) is 3. The molecule has 0 aliphatic rings. The van der Waals surface area contributed by atoms with Crippen molar-refractivity contribution in [3.8, 4) is 0 Å². The Balaban J connectivity index is 2.18. The Labute approximate surface area is 97.1 Å². The minimum absolute atomic E-state index is 0.0116. The van der Waals surface area contributed by atoms with Crippen LogP contribution in [0.15, 0.2) is 18.2 Å². The van der Waals surface area contributed by atoms with Gasteiger partial charge in [-0.05, 0) is 31.5 Å². The summed E-state index contributed by atoms with van der Waals surface area (Å²) in [6.07, 6.45) is 0. The minimum atomic E-state index is -0.544. The molecule has 17 heavy (non-hydrogen) atoms. The Morgan fingerprint density at radius 1 is 1.41 bits per heavy atom. The van der Waals surface area contributed by atoms with Crippen LogP contribution in [0.1, 0.15) is 22.0 Å². The van der Waals surface area contributed by atoms with Gasteiger partial charge >= 0.3 is 0 Å². The number of carbonyl (C=O) groups excluding carboxylic acids is 1. The van der Waals surface area contributed by atoms with Gasteiger partial charge in [-0.3, -0.25) is 9.89 Å². The van der Waals surface area contributed by atoms with E-state index in [-0.39, 0.29) is 11.5 Å². The van der Waals surface area contributed by atoms with Crippen LogP contribution in [0.5, 0.6) is 0 Å². The number of aryl methyl sites for hydroxylation is 2. The van der Waals surface area contributed by atoms with Crippen LogP contribution in [0, 0.1) is 19.7 Å². The van der Waals surface area contributed by atoms with Crippen molar-refractivity contribution in [1.29, 1.82) is 0 Å². The quantitative estimate of drug-likeness (QED) is 0.832. The number of amides is 1. The van der Waals surface area contributed by atoms with E-state index in [1.165, 1.54) is 12.1 Å². The molecular formula is C11H11FN4O. The topological polar surface area (TPSA) is 70.7 Å². The van der Waals surface area contributed by atoms with E-state index in [1.807, 2.05) is 0 Å². The van der Waals surface area contributed by atoms with E-state index in [4.69, 9.17) is 0 Å². The molecule has 88 valence electrons. The van der Waals surface area contributed by atoms with Gasteiger partial charge < -0.3 is 5.32 Å². The Kier molecular flexibility index (Phi) is 2.86. The van der Waals surface area contributed by atoms with Crippen molar-refractivity contribution in [2.45, 2.75) is 13.8 Å². The maximum Gasteiger partial charge on any atom is 0.295 e. The molecular weight excluding hydrogens is 223 g/mol. The first kappa shape index (κ1) is 11.3. The molecule has 0 aliphatic carbocycles. The van der Waals surface area contributed by atoms with Gasteiger partial charge in [-0.1, -0.05) is 6.07 Å². The second-order valence-electron chi connectivity index (χ2n) is 3.68. The molecule has 1 amide bonds. The molecule has 0 fully saturated rings. The van der Waals surface area contributed by atoms with Crippen LogP contribution in [-0.4, -0.2) is 21.1 Å². The summed E-state index contributed by atoms with van der Waals surface area (Å²) in [4.78, 5) is 15.5. The van der Waals surface area contributed by atoms with Crippen LogP contribution in [-0.2, 0) is 0 Å². The molecule has 0 saturated heterocycles. The first-order valence-corrected chi connectivity index (χ1v) is 5.03. The van der Waals surface area contributed by atoms with Gasteiger partial charge in [0.25, 0.3) is 5.91 Å². The average Bonchev–Trinajstić information content (AvgIpc) is 2.69. The van der Waals surface area contributed by atoms with E-state index in [0.717, 1.165) is 5.56 Å². The molecule has 5 nitrogen and oxygen atoms in total. The molecule has 0 atom stereocenters. The van der Waals surface area contributed by atoms with E-state index < -0.39 is 11.7 Å². The average molecular weight is 234 g/mol. The third-order valence-electron chi connectivity index (χ3n) is 2.17. The van der Waals surface area contributed by atoms with Gasteiger partial charge in [0.1, 0.15) is 11.6 Å². The summed E-state index contributed by atoms with van der Waals surface area (Å²) in [5.74, 6) is -0.510. The van der Waals surface area contributed by atoms with Gasteiger partial charge in [0.15, 0.2) is 0 Å². The second kappa shape index (κ2) is 4.32. The zero-order valence-corrected chi connectivity index (χ0v) is 9.41. The molecule has 1 aromatic carbocycles. The number of halogens is 1. The molecule has 0 aliphatic heterocycles. The van der Waals surface area contributed by atoms with E-state index in [9.17, 15) is 9.18 Å². The first-order chi connectivity index (χ1) is 8.06. The molecule has 0 unspecified atom stereocenters. The van der Waals surface area contributed by atoms with Gasteiger partial charge in [0.05, 0.1) is 5.69 Å². The van der Waals surface area contributed by atoms with E-state index in [1.54, 1.807) is 19.9 Å². The van der Waals surface area contributed by atoms with Gasteiger partial charge in [-0.15, -0.1) is 5.10 Å². The van der Waals surface area contributed by atoms with Crippen LogP contribution in [0.3, 0.4) is 0 Å². The lowest BCUT2D eigenvalue weighted by atomic mass is 10.2. The molecule has 2 N–H and O–H groups in total. The van der Waals surface area contributed by atoms with Gasteiger partial charge in [-0.25, -0.2) is 9.37 Å². The molecule has 2 aromatic rings. The Morgan fingerprint density at radius 2 is 2.18 bits per heavy atom. The zero-order chi connectivity index (χ0) is 12.4. The highest BCUT2D eigenvalue weighted by Gasteiger charge is 2.13. The third kappa shape index (κ3) is 2.47. The summed E-state index contributed by atoms with van der Waals surface area (Å²) in [5.41, 5.74) is 0.900. The number of nitrogens with one attached hydrogen (secondary N) is 2. The molecule has 0 spiro atoms. The van der Waals surface area contributed by atoms with Crippen molar-refractivity contribution >= 4 is 11.6 Å². The smallest absolute Gasteiger partial charge is 0.295 e. The highest BCUT2D eigenvalue weighted by molar-refractivity contribution is 6.01. The van der Waals surface area contributed by atoms with Gasteiger partial charge in [0, 0.05) is 0 Å². The highest BCUT2D eigenvalue weighted by atomic mass is 19.1. The van der Waals surface area contributed by atoms with Gasteiger partial charge in [0.2, 0.25) is 5.82 Å². The van der Waals surface area contributed by atoms with E-state index in [0.29, 0.717) is 5.82 Å². The van der Waals surface area contributed by atoms with Crippen LogP contribution in [0.2, 0.25) is 0 Å². The zero-order valence-electron chi connectivity index (χ0n) is 9.41. The maximum absolute atomic E-state index is 13.5. The minimum Gasteiger partial charge on any atom is -0.317 e. The maximum atomic E-state index is 13.5. The number of anilines is 1. The summed E-state index contributed by atoms with van der Waals surface area (Å²) < 4.78 is 13.5. The predicted molar refractivity (Wildman–Crippen MR) is 60.2 cm³/mol. The van der Waals surface area contributed by atoms with Crippen molar-refractivity contribution in [1.82, 2.24) is 15.2 Å². The Hall–Kier alpha value is -2.24. The number of hydrogen-bond donors (Lipinski definition) is 2. The molecule has 0 radical (unpaired) electrons. The number of aromatic nitrogens is 3. The van der Waals surface area contributed by atoms with Crippen molar-refractivity contribution in [2.75, 3.05) is 5.32 Å². The fourth-order valence-electron chi connectivity index (χ4n) is 1.34. The summed E-state index contributed by atoms with van der Waals surface area (Å²) in [5, 5.41) is 8.64. The van der Waals surface area contributed by atoms with Crippen LogP contribution >= 0.6 is 0 Å². The number of aromatic amines is 1. The van der Waals surface area contributed by atoms with Crippen molar-refractivity contribution < 1.29 is 9.18 Å². The Bertz CT molecular complexity index is 564. The number of rotatable bonds is 2. The number of nitrogens with zero attached hydrogens (tertiary/aromatic N) is 2. The molecule has 0 bridgehead atoms. The van der Waals surface area contributed by atoms with Crippen LogP contribution < -0.4 is 5.32 Å². The third-order valence-corrected chi connectivity index (χ3v) is 2.17. The summed E-state index contributed by atoms with van der Waals surface area (Å²) >= 11 is 0. The standard InChI is InChI=1S/C11H11FN4O/c1-6-3-4-9(8(12)5-6)14-11(17)10-13-7(2)15-16-10/h3-5H,1-2H3,(H,14,17)(H,13,15,16). The van der Waals surface area contributed by atoms with Crippen molar-refractivity contribution in [2.24, 2.45) is 0 Å².